The van der Waals surface area contributed by atoms with Gasteiger partial charge in [-0.3, -0.25) is 9.59 Å². The molecule has 0 amide bonds. The minimum atomic E-state index is -0.657. The molecule has 5 nitrogen and oxygen atoms in total. The quantitative estimate of drug-likeness (QED) is 0.593. The van der Waals surface area contributed by atoms with Gasteiger partial charge in [-0.05, 0) is 19.4 Å². The number of carbonyl (C=O) groups is 2. The first kappa shape index (κ1) is 14.3. The molecule has 100 valence electrons. The van der Waals surface area contributed by atoms with Crippen molar-refractivity contribution in [3.63, 3.8) is 0 Å². The average Bonchev–Trinajstić information content (AvgIpc) is 2.28. The molecule has 0 aromatic rings. The molecule has 0 aromatic heterocycles. The highest BCUT2D eigenvalue weighted by Gasteiger charge is 2.34. The van der Waals surface area contributed by atoms with Gasteiger partial charge in [0.2, 0.25) is 0 Å². The zero-order valence-electron chi connectivity index (χ0n) is 10.6. The second-order valence-electron chi connectivity index (χ2n) is 4.10. The van der Waals surface area contributed by atoms with E-state index in [1.807, 2.05) is 6.92 Å². The average molecular weight is 254 g/mol. The molecule has 0 heterocycles. The summed E-state index contributed by atoms with van der Waals surface area (Å²) in [5.41, 5.74) is -0.0719. The van der Waals surface area contributed by atoms with E-state index in [0.717, 1.165) is 0 Å². The van der Waals surface area contributed by atoms with Crippen LogP contribution in [-0.2, 0) is 14.3 Å². The second-order valence-corrected chi connectivity index (χ2v) is 4.10. The number of Topliss-reactive ketones (excluding diaryl/α,β-unsaturated/α-hetero) is 1. The summed E-state index contributed by atoms with van der Waals surface area (Å²) in [5.74, 6) is -2.04. The molecule has 0 radical (unpaired) electrons. The zero-order chi connectivity index (χ0) is 13.7. The van der Waals surface area contributed by atoms with Crippen molar-refractivity contribution >= 4 is 11.8 Å². The van der Waals surface area contributed by atoms with Crippen LogP contribution >= 0.6 is 0 Å². The molecule has 1 atom stereocenters. The molecular weight excluding hydrogens is 236 g/mol. The molecule has 1 aliphatic rings. The lowest BCUT2D eigenvalue weighted by Crippen LogP contribution is -2.27. The van der Waals surface area contributed by atoms with E-state index in [-0.39, 0.29) is 36.5 Å². The Morgan fingerprint density at radius 1 is 1.44 bits per heavy atom. The zero-order valence-corrected chi connectivity index (χ0v) is 10.6. The molecule has 0 aliphatic heterocycles. The van der Waals surface area contributed by atoms with Crippen LogP contribution in [0, 0.1) is 5.92 Å². The van der Waals surface area contributed by atoms with Crippen molar-refractivity contribution < 1.29 is 24.5 Å². The van der Waals surface area contributed by atoms with Crippen molar-refractivity contribution in [2.45, 2.75) is 33.1 Å². The molecular formula is C13H18O5. The summed E-state index contributed by atoms with van der Waals surface area (Å²) in [6.07, 6.45) is 1.99. The molecule has 18 heavy (non-hydrogen) atoms. The van der Waals surface area contributed by atoms with Crippen molar-refractivity contribution in [3.8, 4) is 0 Å². The van der Waals surface area contributed by atoms with Gasteiger partial charge in [0.1, 0.15) is 11.5 Å². The van der Waals surface area contributed by atoms with E-state index in [1.54, 1.807) is 6.92 Å². The van der Waals surface area contributed by atoms with E-state index >= 15 is 0 Å². The Balaban J connectivity index is 2.91. The Hall–Kier alpha value is -1.78. The normalized spacial score (nSPS) is 21.1. The minimum Gasteiger partial charge on any atom is -0.511 e. The van der Waals surface area contributed by atoms with Crippen LogP contribution in [0.3, 0.4) is 0 Å². The Labute approximate surface area is 106 Å². The Kier molecular flexibility index (Phi) is 4.95. The lowest BCUT2D eigenvalue weighted by Gasteiger charge is -2.21. The van der Waals surface area contributed by atoms with E-state index in [4.69, 9.17) is 4.74 Å². The first-order valence-electron chi connectivity index (χ1n) is 6.02. The van der Waals surface area contributed by atoms with Gasteiger partial charge >= 0.3 is 5.97 Å². The lowest BCUT2D eigenvalue weighted by atomic mass is 9.86. The van der Waals surface area contributed by atoms with Crippen LogP contribution in [-0.4, -0.2) is 28.6 Å². The van der Waals surface area contributed by atoms with Gasteiger partial charge in [-0.1, -0.05) is 6.92 Å². The number of carbonyl (C=O) groups excluding carboxylic acids is 2. The van der Waals surface area contributed by atoms with Crippen LogP contribution in [0.1, 0.15) is 33.1 Å². The fourth-order valence-corrected chi connectivity index (χ4v) is 1.91. The summed E-state index contributed by atoms with van der Waals surface area (Å²) in [6, 6.07) is 0. The third-order valence-electron chi connectivity index (χ3n) is 2.71. The van der Waals surface area contributed by atoms with E-state index < -0.39 is 17.7 Å². The number of hydrogen-bond acceptors (Lipinski definition) is 5. The maximum Gasteiger partial charge on any atom is 0.309 e. The van der Waals surface area contributed by atoms with Crippen molar-refractivity contribution in [3.05, 3.63) is 23.2 Å². The first-order valence-corrected chi connectivity index (χ1v) is 6.02. The predicted octanol–water partition coefficient (Wildman–Crippen LogP) is 2.19. The molecule has 0 spiro atoms. The Morgan fingerprint density at radius 3 is 2.61 bits per heavy atom. The maximum atomic E-state index is 11.8. The van der Waals surface area contributed by atoms with Gasteiger partial charge in [0.25, 0.3) is 0 Å². The van der Waals surface area contributed by atoms with Crippen LogP contribution in [0.25, 0.3) is 0 Å². The number of esters is 1. The van der Waals surface area contributed by atoms with Crippen molar-refractivity contribution in [2.24, 2.45) is 5.92 Å². The number of allylic oxidation sites excluding steroid dienone is 3. The van der Waals surface area contributed by atoms with Crippen LogP contribution in [0.15, 0.2) is 23.2 Å². The summed E-state index contributed by atoms with van der Waals surface area (Å²) >= 11 is 0. The monoisotopic (exact) mass is 254 g/mol. The smallest absolute Gasteiger partial charge is 0.309 e. The highest BCUT2D eigenvalue weighted by Crippen LogP contribution is 2.29. The number of ether oxygens (including phenoxy) is 1. The number of hydrogen-bond donors (Lipinski definition) is 2. The number of ketones is 1. The first-order chi connectivity index (χ1) is 8.51. The standard InChI is InChI=1S/C13H18O5/c1-3-5-9(14)12-10(15)6-8(7-11(12)16)13(17)18-4-2/h5,8,14-15H,3-4,6-7H2,1-2H3/b9-5-. The van der Waals surface area contributed by atoms with E-state index in [2.05, 4.69) is 0 Å². The van der Waals surface area contributed by atoms with Crippen LogP contribution < -0.4 is 0 Å². The molecule has 1 rings (SSSR count). The van der Waals surface area contributed by atoms with E-state index in [9.17, 15) is 19.8 Å². The molecule has 2 N–H and O–H groups in total. The molecule has 5 heteroatoms. The van der Waals surface area contributed by atoms with Gasteiger partial charge in [-0.25, -0.2) is 0 Å². The largest absolute Gasteiger partial charge is 0.511 e. The topological polar surface area (TPSA) is 83.8 Å². The summed E-state index contributed by atoms with van der Waals surface area (Å²) < 4.78 is 4.82. The molecule has 1 unspecified atom stereocenters. The summed E-state index contributed by atoms with van der Waals surface area (Å²) in [5, 5.41) is 19.4. The fourth-order valence-electron chi connectivity index (χ4n) is 1.91. The van der Waals surface area contributed by atoms with Crippen molar-refractivity contribution in [2.75, 3.05) is 6.61 Å². The van der Waals surface area contributed by atoms with Crippen molar-refractivity contribution in [1.29, 1.82) is 0 Å². The van der Waals surface area contributed by atoms with Crippen LogP contribution in [0.4, 0.5) is 0 Å². The Morgan fingerprint density at radius 2 is 2.11 bits per heavy atom. The van der Waals surface area contributed by atoms with Gasteiger partial charge < -0.3 is 14.9 Å². The molecule has 1 aliphatic carbocycles. The van der Waals surface area contributed by atoms with E-state index in [0.29, 0.717) is 6.42 Å². The second kappa shape index (κ2) is 6.23. The summed E-state index contributed by atoms with van der Waals surface area (Å²) in [6.45, 7) is 3.73. The Bertz CT molecular complexity index is 406. The van der Waals surface area contributed by atoms with Gasteiger partial charge in [0.15, 0.2) is 5.78 Å². The highest BCUT2D eigenvalue weighted by molar-refractivity contribution is 6.02. The van der Waals surface area contributed by atoms with Crippen molar-refractivity contribution in [1.82, 2.24) is 0 Å². The third kappa shape index (κ3) is 3.12. The van der Waals surface area contributed by atoms with E-state index in [1.165, 1.54) is 6.08 Å². The molecule has 0 bridgehead atoms. The lowest BCUT2D eigenvalue weighted by molar-refractivity contribution is -0.150. The van der Waals surface area contributed by atoms with Crippen LogP contribution in [0.5, 0.6) is 0 Å². The molecule has 0 saturated heterocycles. The van der Waals surface area contributed by atoms with Crippen LogP contribution in [0.2, 0.25) is 0 Å². The molecule has 0 saturated carbocycles. The number of aliphatic hydroxyl groups excluding tert-OH is 2. The summed E-state index contributed by atoms with van der Waals surface area (Å²) in [7, 11) is 0. The summed E-state index contributed by atoms with van der Waals surface area (Å²) in [4.78, 5) is 23.3. The fraction of sp³-hybridized carbons (Fsp3) is 0.538. The molecule has 0 fully saturated rings. The number of rotatable bonds is 4. The van der Waals surface area contributed by atoms with Gasteiger partial charge in [0.05, 0.1) is 18.1 Å². The molecule has 0 aromatic carbocycles. The third-order valence-corrected chi connectivity index (χ3v) is 2.71. The maximum absolute atomic E-state index is 11.8. The van der Waals surface area contributed by atoms with Gasteiger partial charge in [-0.15, -0.1) is 0 Å². The minimum absolute atomic E-state index is 0.0293. The van der Waals surface area contributed by atoms with Gasteiger partial charge in [0, 0.05) is 12.8 Å². The number of aliphatic hydroxyl groups is 2. The van der Waals surface area contributed by atoms with Gasteiger partial charge in [-0.2, -0.15) is 0 Å². The highest BCUT2D eigenvalue weighted by atomic mass is 16.5. The predicted molar refractivity (Wildman–Crippen MR) is 65.0 cm³/mol. The SMILES string of the molecule is CC/C=C(\O)C1=C(O)CC(C(=O)OCC)CC1=O.